The van der Waals surface area contributed by atoms with Crippen molar-refractivity contribution in [2.45, 2.75) is 84.5 Å². The lowest BCUT2D eigenvalue weighted by atomic mass is 9.80. The molecule has 170 valence electrons. The second-order valence-electron chi connectivity index (χ2n) is 9.28. The van der Waals surface area contributed by atoms with Crippen LogP contribution >= 0.6 is 0 Å². The Hall–Kier alpha value is -2.62. The Morgan fingerprint density at radius 1 is 1.12 bits per heavy atom. The number of aliphatic imine (C=N–C) groups is 1. The number of carboxylic acid groups (broad SMARTS) is 1. The van der Waals surface area contributed by atoms with Crippen LogP contribution in [0.15, 0.2) is 62.2 Å². The quantitative estimate of drug-likeness (QED) is 0.381. The van der Waals surface area contributed by atoms with Crippen molar-refractivity contribution in [1.29, 1.82) is 0 Å². The van der Waals surface area contributed by atoms with Crippen LogP contribution in [0.1, 0.15) is 101 Å². The van der Waals surface area contributed by atoms with E-state index in [-0.39, 0.29) is 5.76 Å². The third kappa shape index (κ3) is 4.90. The number of hydrogen-bond acceptors (Lipinski definition) is 3. The summed E-state index contributed by atoms with van der Waals surface area (Å²) >= 11 is 0. The van der Waals surface area contributed by atoms with Gasteiger partial charge in [0.25, 0.3) is 0 Å². The lowest BCUT2D eigenvalue weighted by Gasteiger charge is -2.24. The lowest BCUT2D eigenvalue weighted by Crippen LogP contribution is -2.12. The number of allylic oxidation sites excluding steroid dienone is 7. The van der Waals surface area contributed by atoms with Gasteiger partial charge in [-0.1, -0.05) is 57.6 Å². The summed E-state index contributed by atoms with van der Waals surface area (Å²) in [6, 6.07) is 3.24. The molecule has 32 heavy (non-hydrogen) atoms. The van der Waals surface area contributed by atoms with Gasteiger partial charge in [0.2, 0.25) is 5.76 Å². The average molecular weight is 434 g/mol. The fraction of sp³-hybridized carbons (Fsp3) is 0.500. The third-order valence-electron chi connectivity index (χ3n) is 6.86. The highest BCUT2D eigenvalue weighted by molar-refractivity contribution is 6.06. The SMILES string of the molecule is CCCCCCCCC1C=CC(/C=C(\C)c2ccc(C(=O)O)o2)=C2N=C3CCCCC3=C21. The van der Waals surface area contributed by atoms with Crippen LogP contribution in [0.25, 0.3) is 5.57 Å². The summed E-state index contributed by atoms with van der Waals surface area (Å²) in [5, 5.41) is 9.15. The topological polar surface area (TPSA) is 62.8 Å². The number of rotatable bonds is 10. The number of hydrogen-bond donors (Lipinski definition) is 1. The largest absolute Gasteiger partial charge is 0.475 e. The number of fused-ring (bicyclic) bond motifs is 2. The van der Waals surface area contributed by atoms with E-state index in [1.54, 1.807) is 6.07 Å². The summed E-state index contributed by atoms with van der Waals surface area (Å²) < 4.78 is 5.51. The predicted octanol–water partition coefficient (Wildman–Crippen LogP) is 7.90. The Morgan fingerprint density at radius 3 is 2.66 bits per heavy atom. The predicted molar refractivity (Wildman–Crippen MR) is 130 cm³/mol. The smallest absolute Gasteiger partial charge is 0.371 e. The van der Waals surface area contributed by atoms with Gasteiger partial charge in [-0.05, 0) is 74.0 Å². The summed E-state index contributed by atoms with van der Waals surface area (Å²) in [5.74, 6) is -0.0152. The highest BCUT2D eigenvalue weighted by Gasteiger charge is 2.32. The molecule has 0 aromatic carbocycles. The van der Waals surface area contributed by atoms with Gasteiger partial charge in [-0.25, -0.2) is 4.79 Å². The van der Waals surface area contributed by atoms with Crippen molar-refractivity contribution in [1.82, 2.24) is 0 Å². The van der Waals surface area contributed by atoms with Crippen molar-refractivity contribution in [3.8, 4) is 0 Å². The number of unbranched alkanes of at least 4 members (excludes halogenated alkanes) is 5. The van der Waals surface area contributed by atoms with Crippen molar-refractivity contribution in [2.75, 3.05) is 0 Å². The van der Waals surface area contributed by atoms with E-state index >= 15 is 0 Å². The van der Waals surface area contributed by atoms with Gasteiger partial charge in [-0.15, -0.1) is 0 Å². The van der Waals surface area contributed by atoms with Gasteiger partial charge in [0.15, 0.2) is 0 Å². The van der Waals surface area contributed by atoms with E-state index in [9.17, 15) is 4.79 Å². The average Bonchev–Trinajstić information content (AvgIpc) is 3.43. The normalized spacial score (nSPS) is 20.5. The highest BCUT2D eigenvalue weighted by atomic mass is 16.4. The Kier molecular flexibility index (Phi) is 7.29. The number of carboxylic acids is 1. The molecule has 0 radical (unpaired) electrons. The van der Waals surface area contributed by atoms with Crippen LogP contribution in [0.4, 0.5) is 0 Å². The van der Waals surface area contributed by atoms with Crippen LogP contribution in [0.3, 0.4) is 0 Å². The van der Waals surface area contributed by atoms with E-state index in [0.29, 0.717) is 11.7 Å². The molecule has 4 nitrogen and oxygen atoms in total. The number of furan rings is 1. The van der Waals surface area contributed by atoms with E-state index in [1.165, 1.54) is 80.7 Å². The van der Waals surface area contributed by atoms with Crippen molar-refractivity contribution in [2.24, 2.45) is 10.9 Å². The second kappa shape index (κ2) is 10.3. The molecule has 3 aliphatic rings. The van der Waals surface area contributed by atoms with Gasteiger partial charge in [0, 0.05) is 17.2 Å². The molecule has 4 rings (SSSR count). The molecule has 1 atom stereocenters. The zero-order valence-electron chi connectivity index (χ0n) is 19.5. The Balaban J connectivity index is 1.56. The summed E-state index contributed by atoms with van der Waals surface area (Å²) in [4.78, 5) is 16.3. The molecule has 2 heterocycles. The first-order valence-corrected chi connectivity index (χ1v) is 12.3. The summed E-state index contributed by atoms with van der Waals surface area (Å²) in [5.41, 5.74) is 7.42. The molecule has 0 bridgehead atoms. The molecule has 2 aliphatic carbocycles. The Labute approximate surface area is 191 Å². The lowest BCUT2D eigenvalue weighted by molar-refractivity contribution is 0.0662. The first kappa shape index (κ1) is 22.6. The molecule has 1 N–H and O–H groups in total. The number of aromatic carboxylic acids is 1. The Morgan fingerprint density at radius 2 is 1.88 bits per heavy atom. The standard InChI is InChI=1S/C28H35NO3/c1-3-4-5-6-7-8-11-20-14-15-21(18-19(2)24-16-17-25(32-24)28(30)31)27-26(20)22-12-9-10-13-23(22)29-27/h14-18,20H,3-13H2,1-2H3,(H,30,31)/b19-18+. The van der Waals surface area contributed by atoms with Crippen LogP contribution in [-0.4, -0.2) is 16.8 Å². The maximum Gasteiger partial charge on any atom is 0.371 e. The van der Waals surface area contributed by atoms with Gasteiger partial charge in [-0.2, -0.15) is 0 Å². The fourth-order valence-corrected chi connectivity index (χ4v) is 5.13. The number of nitrogens with zero attached hydrogens (tertiary/aromatic N) is 1. The molecular formula is C28H35NO3. The first-order valence-electron chi connectivity index (χ1n) is 12.3. The summed E-state index contributed by atoms with van der Waals surface area (Å²) in [7, 11) is 0. The van der Waals surface area contributed by atoms with E-state index in [0.717, 1.165) is 29.7 Å². The van der Waals surface area contributed by atoms with Crippen LogP contribution in [-0.2, 0) is 0 Å². The third-order valence-corrected chi connectivity index (χ3v) is 6.86. The molecule has 1 aromatic rings. The molecule has 1 saturated carbocycles. The zero-order valence-corrected chi connectivity index (χ0v) is 19.5. The van der Waals surface area contributed by atoms with Crippen molar-refractivity contribution in [3.05, 3.63) is 64.3 Å². The van der Waals surface area contributed by atoms with Gasteiger partial charge >= 0.3 is 5.97 Å². The van der Waals surface area contributed by atoms with E-state index < -0.39 is 5.97 Å². The minimum absolute atomic E-state index is 0.0291. The van der Waals surface area contributed by atoms with Gasteiger partial charge < -0.3 is 9.52 Å². The van der Waals surface area contributed by atoms with Crippen LogP contribution < -0.4 is 0 Å². The maximum absolute atomic E-state index is 11.2. The van der Waals surface area contributed by atoms with Crippen molar-refractivity contribution >= 4 is 17.3 Å². The highest BCUT2D eigenvalue weighted by Crippen LogP contribution is 2.44. The van der Waals surface area contributed by atoms with Gasteiger partial charge in [0.05, 0.1) is 5.70 Å². The molecular weight excluding hydrogens is 398 g/mol. The molecule has 1 aliphatic heterocycles. The first-order chi connectivity index (χ1) is 15.6. The van der Waals surface area contributed by atoms with Crippen molar-refractivity contribution in [3.63, 3.8) is 0 Å². The zero-order chi connectivity index (χ0) is 22.5. The summed E-state index contributed by atoms with van der Waals surface area (Å²) in [6.45, 7) is 4.23. The molecule has 0 spiro atoms. The molecule has 4 heteroatoms. The minimum atomic E-state index is -1.04. The van der Waals surface area contributed by atoms with Crippen LogP contribution in [0, 0.1) is 5.92 Å². The molecule has 1 unspecified atom stereocenters. The molecule has 1 aromatic heterocycles. The molecule has 1 fully saturated rings. The van der Waals surface area contributed by atoms with Crippen LogP contribution in [0.2, 0.25) is 0 Å². The molecule has 0 amide bonds. The monoisotopic (exact) mass is 433 g/mol. The molecule has 0 saturated heterocycles. The van der Waals surface area contributed by atoms with E-state index in [2.05, 4.69) is 25.2 Å². The van der Waals surface area contributed by atoms with Crippen molar-refractivity contribution < 1.29 is 14.3 Å². The second-order valence-corrected chi connectivity index (χ2v) is 9.28. The maximum atomic E-state index is 11.2. The minimum Gasteiger partial charge on any atom is -0.475 e. The summed E-state index contributed by atoms with van der Waals surface area (Å²) in [6.07, 6.45) is 20.5. The van der Waals surface area contributed by atoms with E-state index in [4.69, 9.17) is 14.5 Å². The number of carbonyl (C=O) groups is 1. The Bertz CT molecular complexity index is 1020. The van der Waals surface area contributed by atoms with E-state index in [1.807, 2.05) is 6.92 Å². The fourth-order valence-electron chi connectivity index (χ4n) is 5.13. The van der Waals surface area contributed by atoms with Crippen LogP contribution in [0.5, 0.6) is 0 Å². The van der Waals surface area contributed by atoms with Gasteiger partial charge in [0.1, 0.15) is 5.76 Å². The van der Waals surface area contributed by atoms with Gasteiger partial charge in [-0.3, -0.25) is 4.99 Å².